The highest BCUT2D eigenvalue weighted by Gasteiger charge is 2.34. The first kappa shape index (κ1) is 21.1. The average molecular weight is 417 g/mol. The second-order valence-electron chi connectivity index (χ2n) is 7.21. The Kier molecular flexibility index (Phi) is 7.12. The summed E-state index contributed by atoms with van der Waals surface area (Å²) in [4.78, 5) is 26.4. The molecule has 0 unspecified atom stereocenters. The van der Waals surface area contributed by atoms with Crippen molar-refractivity contribution in [2.75, 3.05) is 20.2 Å². The van der Waals surface area contributed by atoms with Gasteiger partial charge in [-0.05, 0) is 42.0 Å². The SMILES string of the molecule is COCc1cccc(C(=O)N2CC[C@H](Oc3ccc(Cl)cc3)[C@@H](CC(N)=O)C2)c1. The Hall–Kier alpha value is -2.57. The lowest BCUT2D eigenvalue weighted by Gasteiger charge is -2.38. The highest BCUT2D eigenvalue weighted by molar-refractivity contribution is 6.30. The van der Waals surface area contributed by atoms with Gasteiger partial charge in [-0.15, -0.1) is 0 Å². The van der Waals surface area contributed by atoms with Crippen LogP contribution in [0.1, 0.15) is 28.8 Å². The molecule has 1 aliphatic heterocycles. The molecule has 3 rings (SSSR count). The molecule has 2 amide bonds. The number of nitrogens with two attached hydrogens (primary N) is 1. The quantitative estimate of drug-likeness (QED) is 0.751. The van der Waals surface area contributed by atoms with Crippen molar-refractivity contribution in [1.82, 2.24) is 4.90 Å². The molecule has 2 N–H and O–H groups in total. The first-order valence-electron chi connectivity index (χ1n) is 9.54. The fraction of sp³-hybridized carbons (Fsp3) is 0.364. The van der Waals surface area contributed by atoms with Gasteiger partial charge in [0, 0.05) is 49.5 Å². The van der Waals surface area contributed by atoms with E-state index in [1.165, 1.54) is 0 Å². The summed E-state index contributed by atoms with van der Waals surface area (Å²) in [5, 5.41) is 0.627. The van der Waals surface area contributed by atoms with Gasteiger partial charge in [-0.3, -0.25) is 9.59 Å². The second kappa shape index (κ2) is 9.76. The van der Waals surface area contributed by atoms with E-state index in [1.54, 1.807) is 42.3 Å². The number of piperidine rings is 1. The number of nitrogens with zero attached hydrogens (tertiary/aromatic N) is 1. The van der Waals surface area contributed by atoms with Crippen LogP contribution in [0.2, 0.25) is 5.02 Å². The van der Waals surface area contributed by atoms with E-state index < -0.39 is 5.91 Å². The van der Waals surface area contributed by atoms with Crippen molar-refractivity contribution >= 4 is 23.4 Å². The van der Waals surface area contributed by atoms with Gasteiger partial charge >= 0.3 is 0 Å². The number of halogens is 1. The van der Waals surface area contributed by atoms with Crippen LogP contribution in [0.3, 0.4) is 0 Å². The lowest BCUT2D eigenvalue weighted by atomic mass is 9.90. The average Bonchev–Trinajstić information content (AvgIpc) is 2.70. The van der Waals surface area contributed by atoms with Crippen LogP contribution in [-0.4, -0.2) is 43.0 Å². The molecule has 6 nitrogen and oxygen atoms in total. The summed E-state index contributed by atoms with van der Waals surface area (Å²) in [5.41, 5.74) is 7.00. The zero-order chi connectivity index (χ0) is 20.8. The normalized spacial score (nSPS) is 19.0. The zero-order valence-electron chi connectivity index (χ0n) is 16.3. The number of carbonyl (C=O) groups is 2. The number of ether oxygens (including phenoxy) is 2. The van der Waals surface area contributed by atoms with Crippen LogP contribution in [-0.2, 0) is 16.1 Å². The number of methoxy groups -OCH3 is 1. The molecule has 2 atom stereocenters. The molecule has 1 saturated heterocycles. The van der Waals surface area contributed by atoms with Crippen LogP contribution in [0.5, 0.6) is 5.75 Å². The summed E-state index contributed by atoms with van der Waals surface area (Å²) in [6.07, 6.45) is 0.572. The molecule has 0 aromatic heterocycles. The van der Waals surface area contributed by atoms with E-state index in [4.69, 9.17) is 26.8 Å². The highest BCUT2D eigenvalue weighted by atomic mass is 35.5. The summed E-state index contributed by atoms with van der Waals surface area (Å²) < 4.78 is 11.2. The van der Waals surface area contributed by atoms with Gasteiger partial charge < -0.3 is 20.1 Å². The Labute approximate surface area is 175 Å². The van der Waals surface area contributed by atoms with Crippen LogP contribution in [0, 0.1) is 5.92 Å². The first-order chi connectivity index (χ1) is 14.0. The maximum absolute atomic E-state index is 13.0. The van der Waals surface area contributed by atoms with E-state index in [-0.39, 0.29) is 24.3 Å². The topological polar surface area (TPSA) is 81.9 Å². The molecule has 29 heavy (non-hydrogen) atoms. The molecule has 0 saturated carbocycles. The number of primary amides is 1. The lowest BCUT2D eigenvalue weighted by Crippen LogP contribution is -2.49. The molecule has 1 fully saturated rings. The molecular formula is C22H25ClN2O4. The van der Waals surface area contributed by atoms with Crippen molar-refractivity contribution in [2.24, 2.45) is 11.7 Å². The summed E-state index contributed by atoms with van der Waals surface area (Å²) >= 11 is 5.93. The van der Waals surface area contributed by atoms with Crippen molar-refractivity contribution in [3.63, 3.8) is 0 Å². The monoisotopic (exact) mass is 416 g/mol. The summed E-state index contributed by atoms with van der Waals surface area (Å²) in [6.45, 7) is 1.40. The third-order valence-electron chi connectivity index (χ3n) is 5.00. The summed E-state index contributed by atoms with van der Waals surface area (Å²) in [7, 11) is 1.62. The Morgan fingerprint density at radius 3 is 2.66 bits per heavy atom. The number of amides is 2. The number of rotatable bonds is 7. The van der Waals surface area contributed by atoms with E-state index in [2.05, 4.69) is 0 Å². The Morgan fingerprint density at radius 2 is 1.97 bits per heavy atom. The van der Waals surface area contributed by atoms with E-state index >= 15 is 0 Å². The number of hydrogen-bond donors (Lipinski definition) is 1. The van der Waals surface area contributed by atoms with E-state index in [0.29, 0.717) is 42.5 Å². The van der Waals surface area contributed by atoms with Gasteiger partial charge in [0.25, 0.3) is 5.91 Å². The number of hydrogen-bond acceptors (Lipinski definition) is 4. The third-order valence-corrected chi connectivity index (χ3v) is 5.25. The molecular weight excluding hydrogens is 392 g/mol. The van der Waals surface area contributed by atoms with Crippen molar-refractivity contribution in [3.8, 4) is 5.75 Å². The maximum atomic E-state index is 13.0. The molecule has 2 aromatic rings. The van der Waals surface area contributed by atoms with E-state index in [9.17, 15) is 9.59 Å². The fourth-order valence-corrected chi connectivity index (χ4v) is 3.76. The van der Waals surface area contributed by atoms with Crippen LogP contribution < -0.4 is 10.5 Å². The minimum Gasteiger partial charge on any atom is -0.490 e. The Balaban J connectivity index is 1.71. The summed E-state index contributed by atoms with van der Waals surface area (Å²) in [5.74, 6) is 0.0300. The molecule has 0 spiro atoms. The standard InChI is InChI=1S/C22H25ClN2O4/c1-28-14-15-3-2-4-16(11-15)22(27)25-10-9-20(17(13-25)12-21(24)26)29-19-7-5-18(23)6-8-19/h2-8,11,17,20H,9-10,12-14H2,1H3,(H2,24,26)/t17-,20-/m0/s1. The lowest BCUT2D eigenvalue weighted by molar-refractivity contribution is -0.120. The third kappa shape index (κ3) is 5.71. The molecule has 0 radical (unpaired) electrons. The van der Waals surface area contributed by atoms with Gasteiger partial charge in [-0.25, -0.2) is 0 Å². The predicted octanol–water partition coefficient (Wildman–Crippen LogP) is 3.27. The van der Waals surface area contributed by atoms with Gasteiger partial charge in [0.2, 0.25) is 5.91 Å². The molecule has 0 bridgehead atoms. The maximum Gasteiger partial charge on any atom is 0.253 e. The van der Waals surface area contributed by atoms with E-state index in [1.807, 2.05) is 18.2 Å². The fourth-order valence-electron chi connectivity index (χ4n) is 3.64. The molecule has 1 aliphatic rings. The van der Waals surface area contributed by atoms with Crippen molar-refractivity contribution in [3.05, 3.63) is 64.7 Å². The molecule has 0 aliphatic carbocycles. The molecule has 154 valence electrons. The largest absolute Gasteiger partial charge is 0.490 e. The van der Waals surface area contributed by atoms with Crippen LogP contribution in [0.15, 0.2) is 48.5 Å². The van der Waals surface area contributed by atoms with Crippen LogP contribution in [0.25, 0.3) is 0 Å². The predicted molar refractivity (Wildman–Crippen MR) is 111 cm³/mol. The number of benzene rings is 2. The van der Waals surface area contributed by atoms with Crippen molar-refractivity contribution in [1.29, 1.82) is 0 Å². The zero-order valence-corrected chi connectivity index (χ0v) is 17.1. The van der Waals surface area contributed by atoms with Crippen molar-refractivity contribution in [2.45, 2.75) is 25.6 Å². The second-order valence-corrected chi connectivity index (χ2v) is 7.65. The summed E-state index contributed by atoms with van der Waals surface area (Å²) in [6, 6.07) is 14.5. The van der Waals surface area contributed by atoms with Gasteiger partial charge in [-0.1, -0.05) is 23.7 Å². The van der Waals surface area contributed by atoms with Gasteiger partial charge in [0.15, 0.2) is 0 Å². The molecule has 7 heteroatoms. The highest BCUT2D eigenvalue weighted by Crippen LogP contribution is 2.27. The first-order valence-corrected chi connectivity index (χ1v) is 9.91. The van der Waals surface area contributed by atoms with Gasteiger partial charge in [0.1, 0.15) is 11.9 Å². The number of carbonyl (C=O) groups excluding carboxylic acids is 2. The molecule has 2 aromatic carbocycles. The van der Waals surface area contributed by atoms with Crippen LogP contribution >= 0.6 is 11.6 Å². The van der Waals surface area contributed by atoms with Gasteiger partial charge in [0.05, 0.1) is 6.61 Å². The Bertz CT molecular complexity index is 856. The van der Waals surface area contributed by atoms with Crippen LogP contribution in [0.4, 0.5) is 0 Å². The number of likely N-dealkylation sites (tertiary alicyclic amines) is 1. The minimum absolute atomic E-state index is 0.0673. The van der Waals surface area contributed by atoms with Crippen molar-refractivity contribution < 1.29 is 19.1 Å². The van der Waals surface area contributed by atoms with E-state index in [0.717, 1.165) is 5.56 Å². The Morgan fingerprint density at radius 1 is 1.21 bits per heavy atom. The van der Waals surface area contributed by atoms with Gasteiger partial charge in [-0.2, -0.15) is 0 Å². The smallest absolute Gasteiger partial charge is 0.253 e. The molecule has 1 heterocycles. The minimum atomic E-state index is -0.406.